The average Bonchev–Trinajstić information content (AvgIpc) is 2.25. The number of carboxylic acids is 1. The van der Waals surface area contributed by atoms with Crippen molar-refractivity contribution in [3.05, 3.63) is 23.8 Å². The van der Waals surface area contributed by atoms with E-state index < -0.39 is 17.5 Å². The average molecular weight is 238 g/mol. The first-order valence-electron chi connectivity index (χ1n) is 5.28. The molecule has 1 fully saturated rings. The van der Waals surface area contributed by atoms with Gasteiger partial charge in [-0.15, -0.1) is 0 Å². The second kappa shape index (κ2) is 3.92. The molecule has 0 heterocycles. The molecule has 0 radical (unpaired) electrons. The van der Waals surface area contributed by atoms with Crippen molar-refractivity contribution in [2.75, 3.05) is 7.11 Å². The quantitative estimate of drug-likeness (QED) is 0.727. The van der Waals surface area contributed by atoms with Gasteiger partial charge in [0.2, 0.25) is 0 Å². The van der Waals surface area contributed by atoms with Crippen LogP contribution in [0.15, 0.2) is 18.2 Å². The van der Waals surface area contributed by atoms with Crippen molar-refractivity contribution in [3.8, 4) is 11.5 Å². The van der Waals surface area contributed by atoms with E-state index in [1.807, 2.05) is 0 Å². The highest BCUT2D eigenvalue weighted by Crippen LogP contribution is 2.48. The number of benzene rings is 1. The molecule has 0 spiro atoms. The molecule has 0 amide bonds. The number of phenolic OH excluding ortho intramolecular Hbond substituents is 1. The largest absolute Gasteiger partial charge is 0.508 e. The Hall–Kier alpha value is -1.75. The Balaban J connectivity index is 2.47. The Morgan fingerprint density at radius 2 is 2.12 bits per heavy atom. The van der Waals surface area contributed by atoms with E-state index in [0.717, 1.165) is 0 Å². The van der Waals surface area contributed by atoms with Gasteiger partial charge in [0.15, 0.2) is 0 Å². The minimum absolute atomic E-state index is 0.0832. The summed E-state index contributed by atoms with van der Waals surface area (Å²) in [5.74, 6) is -0.633. The predicted molar refractivity (Wildman–Crippen MR) is 59.2 cm³/mol. The van der Waals surface area contributed by atoms with Crippen LogP contribution < -0.4 is 4.74 Å². The lowest BCUT2D eigenvalue weighted by Gasteiger charge is -2.42. The number of aliphatic hydroxyl groups excluding tert-OH is 1. The summed E-state index contributed by atoms with van der Waals surface area (Å²) in [5.41, 5.74) is -0.896. The van der Waals surface area contributed by atoms with Crippen LogP contribution >= 0.6 is 0 Å². The van der Waals surface area contributed by atoms with E-state index in [-0.39, 0.29) is 18.6 Å². The highest BCUT2D eigenvalue weighted by Gasteiger charge is 2.52. The van der Waals surface area contributed by atoms with E-state index in [1.165, 1.54) is 19.2 Å². The zero-order chi connectivity index (χ0) is 12.6. The fourth-order valence-corrected chi connectivity index (χ4v) is 2.28. The summed E-state index contributed by atoms with van der Waals surface area (Å²) < 4.78 is 5.01. The maximum atomic E-state index is 11.3. The highest BCUT2D eigenvalue weighted by molar-refractivity contribution is 5.84. The predicted octanol–water partition coefficient (Wildman–Crippen LogP) is 0.878. The number of hydrogen-bond acceptors (Lipinski definition) is 4. The number of methoxy groups -OCH3 is 1. The van der Waals surface area contributed by atoms with Crippen LogP contribution in [-0.4, -0.2) is 34.5 Å². The zero-order valence-electron chi connectivity index (χ0n) is 9.38. The molecule has 2 rings (SSSR count). The molecule has 3 N–H and O–H groups in total. The normalized spacial score (nSPS) is 27.3. The minimum Gasteiger partial charge on any atom is -0.508 e. The van der Waals surface area contributed by atoms with Crippen molar-refractivity contribution < 1.29 is 24.9 Å². The molecule has 1 saturated carbocycles. The van der Waals surface area contributed by atoms with E-state index >= 15 is 0 Å². The van der Waals surface area contributed by atoms with Crippen LogP contribution in [0, 0.1) is 0 Å². The van der Waals surface area contributed by atoms with E-state index in [0.29, 0.717) is 11.3 Å². The molecule has 0 bridgehead atoms. The number of hydrogen-bond donors (Lipinski definition) is 3. The van der Waals surface area contributed by atoms with Gasteiger partial charge in [-0.25, -0.2) is 0 Å². The number of aliphatic hydroxyl groups is 1. The van der Waals surface area contributed by atoms with Crippen LogP contribution in [0.2, 0.25) is 0 Å². The van der Waals surface area contributed by atoms with Crippen molar-refractivity contribution in [3.63, 3.8) is 0 Å². The molecular formula is C12H14O5. The van der Waals surface area contributed by atoms with Gasteiger partial charge < -0.3 is 20.1 Å². The number of ether oxygens (including phenoxy) is 1. The second-order valence-electron chi connectivity index (χ2n) is 4.33. The molecule has 0 aromatic heterocycles. The third-order valence-corrected chi connectivity index (χ3v) is 3.30. The first-order valence-corrected chi connectivity index (χ1v) is 5.28. The van der Waals surface area contributed by atoms with Crippen molar-refractivity contribution in [1.29, 1.82) is 0 Å². The smallest absolute Gasteiger partial charge is 0.314 e. The summed E-state index contributed by atoms with van der Waals surface area (Å²) in [6, 6.07) is 4.47. The molecule has 0 atom stereocenters. The fraction of sp³-hybridized carbons (Fsp3) is 0.417. The van der Waals surface area contributed by atoms with Gasteiger partial charge >= 0.3 is 5.97 Å². The van der Waals surface area contributed by atoms with E-state index in [1.54, 1.807) is 6.07 Å². The Kier molecular flexibility index (Phi) is 2.71. The standard InChI is InChI=1S/C12H14O5/c1-17-8-2-3-10(14)9(4-8)12(11(15)16)5-7(13)6-12/h2-4,7,13-14H,5-6H2,1H3,(H,15,16). The van der Waals surface area contributed by atoms with Gasteiger partial charge in [-0.1, -0.05) is 0 Å². The lowest BCUT2D eigenvalue weighted by Crippen LogP contribution is -2.50. The van der Waals surface area contributed by atoms with Crippen LogP contribution in [0.4, 0.5) is 0 Å². The van der Waals surface area contributed by atoms with Gasteiger partial charge in [-0.2, -0.15) is 0 Å². The summed E-state index contributed by atoms with van der Waals surface area (Å²) >= 11 is 0. The molecule has 0 unspecified atom stereocenters. The molecule has 1 aromatic carbocycles. The van der Waals surface area contributed by atoms with E-state index in [9.17, 15) is 20.1 Å². The fourth-order valence-electron chi connectivity index (χ4n) is 2.28. The Morgan fingerprint density at radius 1 is 1.47 bits per heavy atom. The molecule has 0 aliphatic heterocycles. The molecule has 92 valence electrons. The van der Waals surface area contributed by atoms with Crippen molar-refractivity contribution in [1.82, 2.24) is 0 Å². The Bertz CT molecular complexity index is 448. The highest BCUT2D eigenvalue weighted by atomic mass is 16.5. The van der Waals surface area contributed by atoms with Gasteiger partial charge in [0.1, 0.15) is 16.9 Å². The molecule has 1 aromatic rings. The van der Waals surface area contributed by atoms with Crippen LogP contribution in [0.25, 0.3) is 0 Å². The van der Waals surface area contributed by atoms with Crippen molar-refractivity contribution >= 4 is 5.97 Å². The van der Waals surface area contributed by atoms with Crippen LogP contribution in [0.5, 0.6) is 11.5 Å². The summed E-state index contributed by atoms with van der Waals surface area (Å²) in [5, 5.41) is 28.4. The SMILES string of the molecule is COc1ccc(O)c(C2(C(=O)O)CC(O)C2)c1. The first-order chi connectivity index (χ1) is 7.99. The molecule has 0 saturated heterocycles. The third-order valence-electron chi connectivity index (χ3n) is 3.30. The maximum absolute atomic E-state index is 11.3. The monoisotopic (exact) mass is 238 g/mol. The van der Waals surface area contributed by atoms with Gasteiger partial charge in [0.05, 0.1) is 13.2 Å². The minimum atomic E-state index is -1.20. The van der Waals surface area contributed by atoms with Crippen molar-refractivity contribution in [2.45, 2.75) is 24.4 Å². The van der Waals surface area contributed by atoms with Gasteiger partial charge in [0.25, 0.3) is 0 Å². The number of aliphatic carboxylic acids is 1. The summed E-state index contributed by atoms with van der Waals surface area (Å²) in [7, 11) is 1.47. The molecule has 17 heavy (non-hydrogen) atoms. The van der Waals surface area contributed by atoms with Gasteiger partial charge in [0, 0.05) is 5.56 Å². The zero-order valence-corrected chi connectivity index (χ0v) is 9.38. The summed E-state index contributed by atoms with van der Waals surface area (Å²) in [4.78, 5) is 11.3. The third kappa shape index (κ3) is 1.72. The molecule has 5 heteroatoms. The Morgan fingerprint density at radius 3 is 2.59 bits per heavy atom. The lowest BCUT2D eigenvalue weighted by molar-refractivity contribution is -0.153. The molecular weight excluding hydrogens is 224 g/mol. The Labute approximate surface area is 98.3 Å². The number of carboxylic acid groups (broad SMARTS) is 1. The number of phenols is 1. The molecule has 1 aliphatic carbocycles. The van der Waals surface area contributed by atoms with E-state index in [4.69, 9.17) is 4.74 Å². The molecule has 5 nitrogen and oxygen atoms in total. The number of rotatable bonds is 3. The van der Waals surface area contributed by atoms with Crippen molar-refractivity contribution in [2.24, 2.45) is 0 Å². The molecule has 1 aliphatic rings. The topological polar surface area (TPSA) is 87.0 Å². The lowest BCUT2D eigenvalue weighted by atomic mass is 9.62. The number of carbonyl (C=O) groups is 1. The van der Waals surface area contributed by atoms with Crippen LogP contribution in [0.3, 0.4) is 0 Å². The van der Waals surface area contributed by atoms with Crippen LogP contribution in [-0.2, 0) is 10.2 Å². The summed E-state index contributed by atoms with van der Waals surface area (Å²) in [6.07, 6.45) is -0.400. The maximum Gasteiger partial charge on any atom is 0.314 e. The van der Waals surface area contributed by atoms with Gasteiger partial charge in [-0.3, -0.25) is 4.79 Å². The first kappa shape index (κ1) is 11.7. The number of aromatic hydroxyl groups is 1. The van der Waals surface area contributed by atoms with Gasteiger partial charge in [-0.05, 0) is 31.0 Å². The second-order valence-corrected chi connectivity index (χ2v) is 4.33. The van der Waals surface area contributed by atoms with Crippen LogP contribution in [0.1, 0.15) is 18.4 Å². The van der Waals surface area contributed by atoms with E-state index in [2.05, 4.69) is 0 Å². The summed E-state index contributed by atoms with van der Waals surface area (Å²) in [6.45, 7) is 0.